The van der Waals surface area contributed by atoms with Gasteiger partial charge in [0.05, 0.1) is 12.8 Å². The summed E-state index contributed by atoms with van der Waals surface area (Å²) in [4.78, 5) is 8.25. The van der Waals surface area contributed by atoms with Crippen LogP contribution in [0.1, 0.15) is 13.3 Å². The Morgan fingerprint density at radius 2 is 2.00 bits per heavy atom. The fourth-order valence-corrected chi connectivity index (χ4v) is 1.45. The maximum Gasteiger partial charge on any atom is 0.163 e. The van der Waals surface area contributed by atoms with Crippen LogP contribution in [0.2, 0.25) is 0 Å². The van der Waals surface area contributed by atoms with E-state index in [1.165, 1.54) is 0 Å². The molecule has 0 aliphatic carbocycles. The summed E-state index contributed by atoms with van der Waals surface area (Å²) in [6.45, 7) is 2.76. The SMILES string of the molecule is CCCOc1cncnc1-c1ccccc1. The molecule has 0 atom stereocenters. The van der Waals surface area contributed by atoms with Crippen LogP contribution in [0, 0.1) is 0 Å². The monoisotopic (exact) mass is 214 g/mol. The van der Waals surface area contributed by atoms with Crippen molar-refractivity contribution < 1.29 is 4.74 Å². The van der Waals surface area contributed by atoms with Gasteiger partial charge in [0.25, 0.3) is 0 Å². The van der Waals surface area contributed by atoms with Crippen molar-refractivity contribution in [3.63, 3.8) is 0 Å². The summed E-state index contributed by atoms with van der Waals surface area (Å²) >= 11 is 0. The van der Waals surface area contributed by atoms with Crippen LogP contribution in [-0.4, -0.2) is 16.6 Å². The second kappa shape index (κ2) is 5.26. The molecule has 0 aliphatic heterocycles. The molecule has 1 heterocycles. The lowest BCUT2D eigenvalue weighted by Gasteiger charge is -2.08. The zero-order valence-electron chi connectivity index (χ0n) is 9.26. The Labute approximate surface area is 95.1 Å². The van der Waals surface area contributed by atoms with E-state index in [0.717, 1.165) is 23.4 Å². The Morgan fingerprint density at radius 1 is 1.19 bits per heavy atom. The number of ether oxygens (including phenoxy) is 1. The molecule has 2 rings (SSSR count). The first-order chi connectivity index (χ1) is 7.92. The highest BCUT2D eigenvalue weighted by Crippen LogP contribution is 2.26. The van der Waals surface area contributed by atoms with E-state index in [1.54, 1.807) is 12.5 Å². The zero-order valence-corrected chi connectivity index (χ0v) is 9.26. The Kier molecular flexibility index (Phi) is 3.49. The number of aromatic nitrogens is 2. The van der Waals surface area contributed by atoms with Crippen LogP contribution in [-0.2, 0) is 0 Å². The standard InChI is InChI=1S/C13H14N2O/c1-2-8-16-12-9-14-10-15-13(12)11-6-4-3-5-7-11/h3-7,9-10H,2,8H2,1H3. The fourth-order valence-electron chi connectivity index (χ4n) is 1.45. The highest BCUT2D eigenvalue weighted by atomic mass is 16.5. The Bertz CT molecular complexity index is 443. The minimum absolute atomic E-state index is 0.688. The van der Waals surface area contributed by atoms with Gasteiger partial charge in [-0.2, -0.15) is 0 Å². The van der Waals surface area contributed by atoms with Gasteiger partial charge in [0.2, 0.25) is 0 Å². The molecule has 0 bridgehead atoms. The first-order valence-electron chi connectivity index (χ1n) is 5.40. The van der Waals surface area contributed by atoms with E-state index in [4.69, 9.17) is 4.74 Å². The van der Waals surface area contributed by atoms with Crippen molar-refractivity contribution in [3.05, 3.63) is 42.9 Å². The first kappa shape index (κ1) is 10.6. The molecule has 1 aromatic carbocycles. The van der Waals surface area contributed by atoms with Gasteiger partial charge >= 0.3 is 0 Å². The largest absolute Gasteiger partial charge is 0.490 e. The molecule has 0 saturated heterocycles. The second-order valence-electron chi connectivity index (χ2n) is 3.45. The number of benzene rings is 1. The highest BCUT2D eigenvalue weighted by molar-refractivity contribution is 5.65. The van der Waals surface area contributed by atoms with Crippen molar-refractivity contribution in [2.45, 2.75) is 13.3 Å². The van der Waals surface area contributed by atoms with Crippen molar-refractivity contribution in [2.24, 2.45) is 0 Å². The van der Waals surface area contributed by atoms with Gasteiger partial charge in [-0.15, -0.1) is 0 Å². The molecule has 2 aromatic rings. The number of nitrogens with zero attached hydrogens (tertiary/aromatic N) is 2. The van der Waals surface area contributed by atoms with Crippen molar-refractivity contribution in [3.8, 4) is 17.0 Å². The molecule has 0 amide bonds. The van der Waals surface area contributed by atoms with Gasteiger partial charge in [0, 0.05) is 5.56 Å². The molecule has 82 valence electrons. The molecule has 0 aliphatic rings. The molecule has 0 saturated carbocycles. The van der Waals surface area contributed by atoms with Gasteiger partial charge in [-0.25, -0.2) is 9.97 Å². The lowest BCUT2D eigenvalue weighted by molar-refractivity contribution is 0.316. The van der Waals surface area contributed by atoms with E-state index >= 15 is 0 Å². The predicted molar refractivity (Wildman–Crippen MR) is 63.3 cm³/mol. The molecule has 0 radical (unpaired) electrons. The molecule has 1 aromatic heterocycles. The summed E-state index contributed by atoms with van der Waals surface area (Å²) in [5.74, 6) is 0.746. The van der Waals surface area contributed by atoms with Crippen LogP contribution in [0.3, 0.4) is 0 Å². The summed E-state index contributed by atoms with van der Waals surface area (Å²) in [6.07, 6.45) is 4.23. The molecule has 16 heavy (non-hydrogen) atoms. The van der Waals surface area contributed by atoms with Gasteiger partial charge < -0.3 is 4.74 Å². The van der Waals surface area contributed by atoms with Crippen LogP contribution in [0.4, 0.5) is 0 Å². The van der Waals surface area contributed by atoms with Crippen LogP contribution < -0.4 is 4.74 Å². The third kappa shape index (κ3) is 2.37. The molecular weight excluding hydrogens is 200 g/mol. The molecule has 0 fully saturated rings. The van der Waals surface area contributed by atoms with E-state index in [9.17, 15) is 0 Å². The lowest BCUT2D eigenvalue weighted by Crippen LogP contribution is -1.99. The van der Waals surface area contributed by atoms with Crippen molar-refractivity contribution in [1.82, 2.24) is 9.97 Å². The van der Waals surface area contributed by atoms with E-state index in [-0.39, 0.29) is 0 Å². The van der Waals surface area contributed by atoms with E-state index in [1.807, 2.05) is 30.3 Å². The molecule has 3 nitrogen and oxygen atoms in total. The number of hydrogen-bond acceptors (Lipinski definition) is 3. The van der Waals surface area contributed by atoms with Crippen molar-refractivity contribution in [1.29, 1.82) is 0 Å². The van der Waals surface area contributed by atoms with Gasteiger partial charge in [0.1, 0.15) is 12.0 Å². The third-order valence-corrected chi connectivity index (χ3v) is 2.19. The minimum atomic E-state index is 0.688. The van der Waals surface area contributed by atoms with Crippen LogP contribution in [0.25, 0.3) is 11.3 Å². The first-order valence-corrected chi connectivity index (χ1v) is 5.40. The Balaban J connectivity index is 2.33. The fraction of sp³-hybridized carbons (Fsp3) is 0.231. The third-order valence-electron chi connectivity index (χ3n) is 2.19. The predicted octanol–water partition coefficient (Wildman–Crippen LogP) is 2.93. The van der Waals surface area contributed by atoms with E-state index in [0.29, 0.717) is 6.61 Å². The van der Waals surface area contributed by atoms with Crippen LogP contribution in [0.5, 0.6) is 5.75 Å². The van der Waals surface area contributed by atoms with E-state index in [2.05, 4.69) is 16.9 Å². The minimum Gasteiger partial charge on any atom is -0.490 e. The van der Waals surface area contributed by atoms with Crippen LogP contribution in [0.15, 0.2) is 42.9 Å². The van der Waals surface area contributed by atoms with Gasteiger partial charge in [0.15, 0.2) is 5.75 Å². The summed E-state index contributed by atoms with van der Waals surface area (Å²) < 4.78 is 5.62. The maximum absolute atomic E-state index is 5.62. The average molecular weight is 214 g/mol. The van der Waals surface area contributed by atoms with E-state index < -0.39 is 0 Å². The zero-order chi connectivity index (χ0) is 11.2. The molecule has 0 N–H and O–H groups in total. The Morgan fingerprint density at radius 3 is 2.75 bits per heavy atom. The highest BCUT2D eigenvalue weighted by Gasteiger charge is 2.06. The van der Waals surface area contributed by atoms with Crippen molar-refractivity contribution in [2.75, 3.05) is 6.61 Å². The van der Waals surface area contributed by atoms with Gasteiger partial charge in [-0.1, -0.05) is 37.3 Å². The summed E-state index contributed by atoms with van der Waals surface area (Å²) in [7, 11) is 0. The Hall–Kier alpha value is -1.90. The lowest BCUT2D eigenvalue weighted by atomic mass is 10.1. The summed E-state index contributed by atoms with van der Waals surface area (Å²) in [5, 5.41) is 0. The second-order valence-corrected chi connectivity index (χ2v) is 3.45. The quantitative estimate of drug-likeness (QED) is 0.784. The summed E-state index contributed by atoms with van der Waals surface area (Å²) in [5.41, 5.74) is 1.90. The number of rotatable bonds is 4. The van der Waals surface area contributed by atoms with Crippen molar-refractivity contribution >= 4 is 0 Å². The smallest absolute Gasteiger partial charge is 0.163 e. The molecular formula is C13H14N2O. The normalized spacial score (nSPS) is 10.1. The average Bonchev–Trinajstić information content (AvgIpc) is 2.38. The summed E-state index contributed by atoms with van der Waals surface area (Å²) in [6, 6.07) is 9.99. The maximum atomic E-state index is 5.62. The van der Waals surface area contributed by atoms with Gasteiger partial charge in [-0.05, 0) is 6.42 Å². The number of hydrogen-bond donors (Lipinski definition) is 0. The molecule has 3 heteroatoms. The van der Waals surface area contributed by atoms with Gasteiger partial charge in [-0.3, -0.25) is 0 Å². The molecule has 0 unspecified atom stereocenters. The van der Waals surface area contributed by atoms with Crippen LogP contribution >= 0.6 is 0 Å². The molecule has 0 spiro atoms. The topological polar surface area (TPSA) is 35.0 Å².